The van der Waals surface area contributed by atoms with Gasteiger partial charge < -0.3 is 10.2 Å². The van der Waals surface area contributed by atoms with Crippen molar-refractivity contribution in [2.75, 3.05) is 0 Å². The maximum atomic E-state index is 10.3. The largest absolute Gasteiger partial charge is 0.362 e. The Hall–Kier alpha value is 0.0300. The number of aliphatic hydroxyl groups is 2. The maximum Gasteiger partial charge on any atom is 0.217 e. The van der Waals surface area contributed by atoms with Crippen LogP contribution in [0.4, 0.5) is 0 Å². The third kappa shape index (κ3) is 4.53. The molecule has 3 nitrogen and oxygen atoms in total. The van der Waals surface area contributed by atoms with Crippen molar-refractivity contribution in [2.24, 2.45) is 0 Å². The molecule has 0 amide bonds. The van der Waals surface area contributed by atoms with E-state index in [-0.39, 0.29) is 4.24 Å². The van der Waals surface area contributed by atoms with Crippen LogP contribution in [0.1, 0.15) is 0 Å². The van der Waals surface area contributed by atoms with Crippen molar-refractivity contribution >= 4 is 31.0 Å². The Balaban J connectivity index is 3.93. The molecule has 0 aromatic rings. The van der Waals surface area contributed by atoms with E-state index in [1.54, 1.807) is 0 Å². The fraction of sp³-hybridized carbons (Fsp3) is 0.250. The van der Waals surface area contributed by atoms with E-state index in [2.05, 4.69) is 25.3 Å². The molecule has 0 unspecified atom stereocenters. The van der Waals surface area contributed by atoms with Gasteiger partial charge >= 0.3 is 0 Å². The van der Waals surface area contributed by atoms with Gasteiger partial charge in [-0.25, -0.2) is 0 Å². The SMILES string of the molecule is O=C(C=C(S)S)C(O)O. The molecule has 0 radical (unpaired) electrons. The summed E-state index contributed by atoms with van der Waals surface area (Å²) in [5, 5.41) is 16.3. The van der Waals surface area contributed by atoms with Gasteiger partial charge in [0.25, 0.3) is 0 Å². The number of hydrogen-bond donors (Lipinski definition) is 4. The highest BCUT2D eigenvalue weighted by Crippen LogP contribution is 2.04. The monoisotopic (exact) mass is 166 g/mol. The molecule has 0 aliphatic carbocycles. The van der Waals surface area contributed by atoms with Crippen molar-refractivity contribution < 1.29 is 15.0 Å². The second kappa shape index (κ2) is 3.94. The van der Waals surface area contributed by atoms with Crippen molar-refractivity contribution in [3.8, 4) is 0 Å². The Labute approximate surface area is 63.2 Å². The Bertz CT molecular complexity index is 137. The van der Waals surface area contributed by atoms with Crippen molar-refractivity contribution in [1.29, 1.82) is 0 Å². The smallest absolute Gasteiger partial charge is 0.217 e. The van der Waals surface area contributed by atoms with Crippen molar-refractivity contribution in [3.05, 3.63) is 10.3 Å². The highest BCUT2D eigenvalue weighted by atomic mass is 32.2. The van der Waals surface area contributed by atoms with Gasteiger partial charge in [0.05, 0.1) is 0 Å². The van der Waals surface area contributed by atoms with Gasteiger partial charge in [-0.2, -0.15) is 0 Å². The molecular weight excluding hydrogens is 160 g/mol. The third-order valence-corrected chi connectivity index (χ3v) is 0.784. The van der Waals surface area contributed by atoms with Crippen LogP contribution in [-0.4, -0.2) is 22.3 Å². The lowest BCUT2D eigenvalue weighted by atomic mass is 10.4. The van der Waals surface area contributed by atoms with Gasteiger partial charge in [0, 0.05) is 10.3 Å². The van der Waals surface area contributed by atoms with Crippen molar-refractivity contribution in [3.63, 3.8) is 0 Å². The summed E-state index contributed by atoms with van der Waals surface area (Å²) in [7, 11) is 0. The van der Waals surface area contributed by atoms with Crippen LogP contribution in [0.3, 0.4) is 0 Å². The molecule has 0 aliphatic rings. The first-order valence-corrected chi connectivity index (χ1v) is 2.93. The molecule has 0 atom stereocenters. The van der Waals surface area contributed by atoms with Gasteiger partial charge in [0.2, 0.25) is 12.1 Å². The Morgan fingerprint density at radius 1 is 1.44 bits per heavy atom. The van der Waals surface area contributed by atoms with Crippen LogP contribution in [0, 0.1) is 0 Å². The summed E-state index contributed by atoms with van der Waals surface area (Å²) < 4.78 is 0.146. The molecule has 2 N–H and O–H groups in total. The molecule has 0 heterocycles. The van der Waals surface area contributed by atoms with Gasteiger partial charge in [-0.3, -0.25) is 4.79 Å². The van der Waals surface area contributed by atoms with E-state index in [1.807, 2.05) is 0 Å². The number of hydrogen-bond acceptors (Lipinski definition) is 5. The predicted octanol–water partition coefficient (Wildman–Crippen LogP) is -0.433. The number of thiol groups is 2. The average Bonchev–Trinajstić information content (AvgIpc) is 1.63. The summed E-state index contributed by atoms with van der Waals surface area (Å²) in [6, 6.07) is 0. The zero-order valence-corrected chi connectivity index (χ0v) is 6.14. The van der Waals surface area contributed by atoms with E-state index in [4.69, 9.17) is 10.2 Å². The molecule has 0 aromatic heterocycles. The van der Waals surface area contributed by atoms with Crippen molar-refractivity contribution in [2.45, 2.75) is 6.29 Å². The maximum absolute atomic E-state index is 10.3. The van der Waals surface area contributed by atoms with Crippen LogP contribution in [0.15, 0.2) is 10.3 Å². The topological polar surface area (TPSA) is 57.5 Å². The summed E-state index contributed by atoms with van der Waals surface area (Å²) in [5.41, 5.74) is 0. The molecule has 0 rings (SSSR count). The van der Waals surface area contributed by atoms with Crippen LogP contribution in [0.5, 0.6) is 0 Å². The molecule has 52 valence electrons. The van der Waals surface area contributed by atoms with Crippen LogP contribution >= 0.6 is 25.3 Å². The minimum Gasteiger partial charge on any atom is -0.362 e. The second-order valence-electron chi connectivity index (χ2n) is 1.28. The minimum absolute atomic E-state index is 0.146. The summed E-state index contributed by atoms with van der Waals surface area (Å²) in [6.07, 6.45) is -1.05. The number of carbonyl (C=O) groups is 1. The molecule has 0 saturated heterocycles. The molecule has 0 spiro atoms. The average molecular weight is 166 g/mol. The molecule has 0 fully saturated rings. The minimum atomic E-state index is -1.96. The lowest BCUT2D eigenvalue weighted by molar-refractivity contribution is -0.139. The Kier molecular flexibility index (Phi) is 3.96. The lowest BCUT2D eigenvalue weighted by Crippen LogP contribution is -2.16. The standard InChI is InChI=1S/C4H6O3S2/c5-2(4(6)7)1-3(8)9/h1,4,6-9H. The van der Waals surface area contributed by atoms with Gasteiger partial charge in [-0.05, 0) is 0 Å². The van der Waals surface area contributed by atoms with Crippen LogP contribution in [0.2, 0.25) is 0 Å². The number of ketones is 1. The fourth-order valence-corrected chi connectivity index (χ4v) is 0.456. The highest BCUT2D eigenvalue weighted by molar-refractivity contribution is 8.05. The lowest BCUT2D eigenvalue weighted by Gasteiger charge is -1.94. The van der Waals surface area contributed by atoms with E-state index in [0.29, 0.717) is 0 Å². The number of rotatable bonds is 2. The predicted molar refractivity (Wildman–Crippen MR) is 39.3 cm³/mol. The molecular formula is C4H6O3S2. The second-order valence-corrected chi connectivity index (χ2v) is 2.59. The summed E-state index contributed by atoms with van der Waals surface area (Å²) in [5.74, 6) is -0.824. The third-order valence-electron chi connectivity index (χ3n) is 0.526. The van der Waals surface area contributed by atoms with Gasteiger partial charge in [-0.15, -0.1) is 25.3 Å². The van der Waals surface area contributed by atoms with Crippen LogP contribution < -0.4 is 0 Å². The van der Waals surface area contributed by atoms with E-state index in [1.165, 1.54) is 0 Å². The first-order chi connectivity index (χ1) is 4.04. The van der Waals surface area contributed by atoms with Crippen molar-refractivity contribution in [1.82, 2.24) is 0 Å². The molecule has 0 aromatic carbocycles. The Morgan fingerprint density at radius 2 is 1.89 bits per heavy atom. The Morgan fingerprint density at radius 3 is 2.00 bits per heavy atom. The van der Waals surface area contributed by atoms with Gasteiger partial charge in [-0.1, -0.05) is 0 Å². The first kappa shape index (κ1) is 9.03. The molecule has 0 aliphatic heterocycles. The molecule has 5 heteroatoms. The van der Waals surface area contributed by atoms with E-state index in [0.717, 1.165) is 6.08 Å². The van der Waals surface area contributed by atoms with Gasteiger partial charge in [0.1, 0.15) is 0 Å². The number of aliphatic hydroxyl groups excluding tert-OH is 1. The molecule has 0 saturated carbocycles. The quantitative estimate of drug-likeness (QED) is 0.256. The van der Waals surface area contributed by atoms with Crippen LogP contribution in [-0.2, 0) is 4.79 Å². The molecule has 0 bridgehead atoms. The van der Waals surface area contributed by atoms with E-state index in [9.17, 15) is 4.79 Å². The van der Waals surface area contributed by atoms with E-state index >= 15 is 0 Å². The summed E-state index contributed by atoms with van der Waals surface area (Å²) in [6.45, 7) is 0. The van der Waals surface area contributed by atoms with Gasteiger partial charge in [0.15, 0.2) is 0 Å². The zero-order valence-electron chi connectivity index (χ0n) is 4.35. The summed E-state index contributed by atoms with van der Waals surface area (Å²) >= 11 is 7.23. The van der Waals surface area contributed by atoms with Crippen LogP contribution in [0.25, 0.3) is 0 Å². The highest BCUT2D eigenvalue weighted by Gasteiger charge is 2.05. The number of carbonyl (C=O) groups excluding carboxylic acids is 1. The fourth-order valence-electron chi connectivity index (χ4n) is 0.202. The summed E-state index contributed by atoms with van der Waals surface area (Å²) in [4.78, 5) is 10.3. The van der Waals surface area contributed by atoms with E-state index < -0.39 is 12.1 Å². The normalized spacial score (nSPS) is 9.44. The first-order valence-electron chi connectivity index (χ1n) is 2.03. The molecule has 9 heavy (non-hydrogen) atoms. The zero-order chi connectivity index (χ0) is 7.44.